The minimum atomic E-state index is -0.556. The fourth-order valence-corrected chi connectivity index (χ4v) is 11.1. The lowest BCUT2D eigenvalue weighted by molar-refractivity contribution is 0.0149. The van der Waals surface area contributed by atoms with Crippen molar-refractivity contribution in [3.63, 3.8) is 0 Å². The van der Waals surface area contributed by atoms with E-state index in [2.05, 4.69) is 134 Å². The first kappa shape index (κ1) is 57.2. The maximum atomic E-state index is 12.5. The molecule has 3 atom stereocenters. The number of benzene rings is 3. The van der Waals surface area contributed by atoms with Crippen molar-refractivity contribution in [1.82, 2.24) is 40.5 Å². The molecule has 6 aliphatic heterocycles. The fraction of sp³-hybridized carbons (Fsp3) is 0.426. The summed E-state index contributed by atoms with van der Waals surface area (Å²) in [6, 6.07) is 23.9. The van der Waals surface area contributed by atoms with Gasteiger partial charge in [0, 0.05) is 81.4 Å². The smallest absolute Gasteiger partial charge is 0.408 e. The summed E-state index contributed by atoms with van der Waals surface area (Å²) in [5.41, 5.74) is 14.6. The van der Waals surface area contributed by atoms with Crippen molar-refractivity contribution in [3.8, 4) is 17.2 Å². The molecule has 3 spiro atoms. The number of anilines is 2. The van der Waals surface area contributed by atoms with Gasteiger partial charge in [-0.05, 0) is 116 Å². The number of nitrogens with one attached hydrogen (secondary N) is 2. The highest BCUT2D eigenvalue weighted by Gasteiger charge is 2.52. The quantitative estimate of drug-likeness (QED) is 0.121. The summed E-state index contributed by atoms with van der Waals surface area (Å²) in [6.45, 7) is 12.4. The lowest BCUT2D eigenvalue weighted by Gasteiger charge is -2.42. The minimum absolute atomic E-state index is 0.0378. The second-order valence-electron chi connectivity index (χ2n) is 19.9. The number of aromatic nitrogens is 6. The predicted octanol–water partition coefficient (Wildman–Crippen LogP) is 10.3. The molecule has 0 unspecified atom stereocenters. The van der Waals surface area contributed by atoms with Gasteiger partial charge in [0.05, 0.1) is 57.1 Å². The van der Waals surface area contributed by atoms with E-state index in [4.69, 9.17) is 30.4 Å². The van der Waals surface area contributed by atoms with E-state index in [0.29, 0.717) is 4.60 Å². The van der Waals surface area contributed by atoms with E-state index in [-0.39, 0.29) is 29.3 Å². The lowest BCUT2D eigenvalue weighted by Crippen LogP contribution is -2.54. The molecule has 3 saturated heterocycles. The van der Waals surface area contributed by atoms with E-state index in [1.165, 1.54) is 12.4 Å². The van der Waals surface area contributed by atoms with Gasteiger partial charge in [-0.2, -0.15) is 0 Å². The number of carbonyl (C=O) groups excluding carboxylic acids is 1. The minimum Gasteiger partial charge on any atom is -0.485 e. The van der Waals surface area contributed by atoms with Gasteiger partial charge in [-0.15, -0.1) is 0 Å². The van der Waals surface area contributed by atoms with E-state index in [9.17, 15) is 4.79 Å². The Morgan fingerprint density at radius 2 is 0.934 bits per heavy atom. The van der Waals surface area contributed by atoms with Crippen LogP contribution in [0.25, 0.3) is 0 Å². The second kappa shape index (κ2) is 25.2. The third kappa shape index (κ3) is 13.5. The number of halogens is 4. The zero-order chi connectivity index (χ0) is 54.1. The lowest BCUT2D eigenvalue weighted by atomic mass is 9.82. The molecule has 3 aromatic heterocycles. The Morgan fingerprint density at radius 3 is 1.33 bits per heavy atom. The second-order valence-corrected chi connectivity index (χ2v) is 23.2. The molecular formula is C54H63BBr4N12O5. The molecule has 6 aliphatic rings. The van der Waals surface area contributed by atoms with E-state index in [0.717, 1.165) is 132 Å². The summed E-state index contributed by atoms with van der Waals surface area (Å²) in [6.07, 6.45) is 15.1. The summed E-state index contributed by atoms with van der Waals surface area (Å²) in [5, 5.41) is 6.42. The van der Waals surface area contributed by atoms with Crippen molar-refractivity contribution in [3.05, 3.63) is 145 Å². The number of ether oxygens (including phenoxy) is 4. The zero-order valence-corrected chi connectivity index (χ0v) is 49.3. The van der Waals surface area contributed by atoms with E-state index in [1.807, 2.05) is 81.4 Å². The number of fused-ring (bicyclic) bond motifs is 3. The summed E-state index contributed by atoms with van der Waals surface area (Å²) in [4.78, 5) is 42.1. The third-order valence-electron chi connectivity index (χ3n) is 14.1. The van der Waals surface area contributed by atoms with Gasteiger partial charge < -0.3 is 50.8 Å². The molecule has 9 heterocycles. The SMILES string of the molecule is Brc1cnc(Br)cn1.CC(C)(C)OC(=O)N[C@@H]1c2ccccc2OC12CCN(c1cnc(Br)cn1)CC2.N[C@@H]1c2ccccc2OC12CCN(c1cnc(Br)cn1)CC2.N[C@@H]1c2ccccc2OC12CCNCC2.[B]C. The van der Waals surface area contributed by atoms with Crippen LogP contribution in [0.5, 0.6) is 17.2 Å². The number of piperidine rings is 3. The zero-order valence-electron chi connectivity index (χ0n) is 43.0. The molecule has 0 bridgehead atoms. The van der Waals surface area contributed by atoms with E-state index in [1.54, 1.807) is 37.2 Å². The Balaban J connectivity index is 0.000000143. The van der Waals surface area contributed by atoms with Crippen LogP contribution in [0.2, 0.25) is 6.82 Å². The topological polar surface area (TPSA) is 214 Å². The van der Waals surface area contributed by atoms with Crippen molar-refractivity contribution in [2.75, 3.05) is 49.1 Å². The number of hydrogen-bond donors (Lipinski definition) is 4. The number of para-hydroxylation sites is 3. The Labute approximate surface area is 479 Å². The highest BCUT2D eigenvalue weighted by Crippen LogP contribution is 2.50. The van der Waals surface area contributed by atoms with Crippen molar-refractivity contribution in [2.45, 2.75) is 107 Å². The molecule has 6 aromatic rings. The van der Waals surface area contributed by atoms with Crippen LogP contribution in [0.4, 0.5) is 16.4 Å². The fourth-order valence-electron chi connectivity index (χ4n) is 10.3. The summed E-state index contributed by atoms with van der Waals surface area (Å²) in [5.74, 6) is 4.49. The van der Waals surface area contributed by atoms with Crippen LogP contribution in [0.15, 0.2) is 128 Å². The Morgan fingerprint density at radius 1 is 0.579 bits per heavy atom. The molecule has 6 N–H and O–H groups in total. The van der Waals surface area contributed by atoms with Gasteiger partial charge in [-0.1, -0.05) is 61.4 Å². The largest absolute Gasteiger partial charge is 0.485 e. The van der Waals surface area contributed by atoms with Gasteiger partial charge in [0.15, 0.2) is 0 Å². The van der Waals surface area contributed by atoms with Crippen LogP contribution in [-0.2, 0) is 4.74 Å². The number of nitrogens with two attached hydrogens (primary N) is 2. The number of alkyl carbamates (subject to hydrolysis) is 1. The summed E-state index contributed by atoms with van der Waals surface area (Å²) < 4.78 is 27.3. The highest BCUT2D eigenvalue weighted by atomic mass is 79.9. The maximum absolute atomic E-state index is 12.5. The van der Waals surface area contributed by atoms with Crippen LogP contribution in [0.3, 0.4) is 0 Å². The molecular weight excluding hydrogens is 1230 g/mol. The summed E-state index contributed by atoms with van der Waals surface area (Å²) in [7, 11) is 4.50. The predicted molar refractivity (Wildman–Crippen MR) is 309 cm³/mol. The first-order valence-corrected chi connectivity index (χ1v) is 28.4. The van der Waals surface area contributed by atoms with Gasteiger partial charge in [0.25, 0.3) is 0 Å². The highest BCUT2D eigenvalue weighted by molar-refractivity contribution is 9.11. The molecule has 2 radical (unpaired) electrons. The van der Waals surface area contributed by atoms with Gasteiger partial charge in [0.1, 0.15) is 75.7 Å². The van der Waals surface area contributed by atoms with Gasteiger partial charge in [-0.3, -0.25) is 0 Å². The number of hydrogen-bond acceptors (Lipinski definition) is 16. The molecule has 3 aromatic carbocycles. The molecule has 0 aliphatic carbocycles. The third-order valence-corrected chi connectivity index (χ3v) is 15.8. The number of nitrogens with zero attached hydrogens (tertiary/aromatic N) is 8. The van der Waals surface area contributed by atoms with Gasteiger partial charge in [-0.25, -0.2) is 34.7 Å². The van der Waals surface area contributed by atoms with Crippen molar-refractivity contribution >= 4 is 89.3 Å². The number of carbonyl (C=O) groups is 1. The average Bonchev–Trinajstić information content (AvgIpc) is 4.01. The van der Waals surface area contributed by atoms with Gasteiger partial charge in [0.2, 0.25) is 0 Å². The molecule has 3 fully saturated rings. The Hall–Kier alpha value is -4.97. The molecule has 22 heteroatoms. The average molecular weight is 1290 g/mol. The Kier molecular flexibility index (Phi) is 19.0. The molecule has 76 heavy (non-hydrogen) atoms. The van der Waals surface area contributed by atoms with Crippen molar-refractivity contribution in [1.29, 1.82) is 0 Å². The molecule has 1 amide bonds. The molecule has 400 valence electrons. The monoisotopic (exact) mass is 1290 g/mol. The maximum Gasteiger partial charge on any atom is 0.408 e. The molecule has 17 nitrogen and oxygen atoms in total. The molecule has 0 saturated carbocycles. The van der Waals surface area contributed by atoms with Crippen molar-refractivity contribution in [2.24, 2.45) is 11.5 Å². The molecule has 12 rings (SSSR count). The van der Waals surface area contributed by atoms with Crippen LogP contribution in [-0.4, -0.2) is 106 Å². The summed E-state index contributed by atoms with van der Waals surface area (Å²) >= 11 is 12.9. The van der Waals surface area contributed by atoms with Crippen LogP contribution >= 0.6 is 63.7 Å². The number of rotatable bonds is 3. The van der Waals surface area contributed by atoms with Crippen LogP contribution < -0.4 is 46.1 Å². The van der Waals surface area contributed by atoms with Gasteiger partial charge >= 0.3 is 6.09 Å². The van der Waals surface area contributed by atoms with E-state index < -0.39 is 17.3 Å². The van der Waals surface area contributed by atoms with Crippen molar-refractivity contribution < 1.29 is 23.7 Å². The normalized spacial score (nSPS) is 20.6. The van der Waals surface area contributed by atoms with E-state index >= 15 is 0 Å². The first-order chi connectivity index (χ1) is 36.5. The Bertz CT molecular complexity index is 2830. The standard InChI is InChI=1S/C21H25BrN4O3.C16H17BrN4O.C12H16N2O.C4H2Br2N2.CH3B/c1-20(2,3)29-19(27)25-18-14-6-4-5-7-15(14)28-21(18)8-10-26(11-9-21)17-13-23-16(22)12-24-17;17-13-9-20-14(10-19-13)21-7-5-16(6-8-21)15(18)11-3-1-2-4-12(11)22-16;13-11-9-3-1-2-4-10(9)15-12(11)5-7-14-8-6-12;5-3-1-7-4(6)2-8-3;1-2/h4-7,12-13,18H,8-11H2,1-3H3,(H,25,27);1-4,9-10,15H,5-8,18H2;1-4,11,14H,5-8,13H2;1-2H;1H3/t18-;15-;11-;;/m111../s1. The van der Waals surface area contributed by atoms with Crippen LogP contribution in [0, 0.1) is 0 Å². The first-order valence-electron chi connectivity index (χ1n) is 25.3. The number of amides is 1. The van der Waals surface area contributed by atoms with Crippen LogP contribution in [0.1, 0.15) is 94.1 Å².